The number of anilines is 1. The molecule has 0 spiro atoms. The van der Waals surface area contributed by atoms with Gasteiger partial charge in [-0.1, -0.05) is 47.6 Å². The average Bonchev–Trinajstić information content (AvgIpc) is 3.21. The molecular formula is C41H51N7O9. The maximum atomic E-state index is 12.7. The van der Waals surface area contributed by atoms with Crippen LogP contribution in [0, 0.1) is 6.92 Å². The number of carbonyl (C=O) groups is 3. The van der Waals surface area contributed by atoms with Crippen LogP contribution in [0.4, 0.5) is 5.82 Å². The summed E-state index contributed by atoms with van der Waals surface area (Å²) in [4.78, 5) is 43.6. The van der Waals surface area contributed by atoms with Crippen LogP contribution in [-0.4, -0.2) is 107 Å². The molecule has 3 aromatic carbocycles. The van der Waals surface area contributed by atoms with Crippen LogP contribution in [-0.2, 0) is 33.3 Å². The molecule has 16 heteroatoms. The normalized spacial score (nSPS) is 11.4. The Balaban J connectivity index is 1.14. The lowest BCUT2D eigenvalue weighted by Crippen LogP contribution is -2.39. The number of carboxylic acids is 1. The number of ether oxygens (including phenoxy) is 5. The van der Waals surface area contributed by atoms with Crippen molar-refractivity contribution in [3.05, 3.63) is 101 Å². The van der Waals surface area contributed by atoms with Crippen molar-refractivity contribution in [2.24, 2.45) is 5.11 Å². The largest absolute Gasteiger partial charge is 0.491 e. The molecule has 4 aromatic rings. The predicted octanol–water partition coefficient (Wildman–Crippen LogP) is 5.61. The number of benzene rings is 3. The molecule has 1 heterocycles. The van der Waals surface area contributed by atoms with Gasteiger partial charge in [0.05, 0.1) is 71.9 Å². The molecule has 4 rings (SSSR count). The van der Waals surface area contributed by atoms with Crippen molar-refractivity contribution in [2.45, 2.75) is 32.2 Å². The third-order valence-electron chi connectivity index (χ3n) is 8.43. The van der Waals surface area contributed by atoms with Crippen LogP contribution >= 0.6 is 0 Å². The summed E-state index contributed by atoms with van der Waals surface area (Å²) >= 11 is 0. The predicted molar refractivity (Wildman–Crippen MR) is 215 cm³/mol. The van der Waals surface area contributed by atoms with E-state index in [1.165, 1.54) is 0 Å². The highest BCUT2D eigenvalue weighted by molar-refractivity contribution is 5.88. The van der Waals surface area contributed by atoms with Gasteiger partial charge in [-0.3, -0.25) is 14.4 Å². The number of aliphatic carboxylic acids is 1. The Bertz CT molecular complexity index is 1910. The SMILES string of the molecule is Cc1ccnc(NCCCC(=O)NCC(=O)NC(CC(=O)O)c2ccc(-c3ccc4cc(OCCOCCOCCOCCOCCN=[N+]=[N-])ccc4c3)cc2)c1. The molecule has 0 aliphatic carbocycles. The molecule has 1 atom stereocenters. The third-order valence-corrected chi connectivity index (χ3v) is 8.43. The van der Waals surface area contributed by atoms with Gasteiger partial charge in [0.15, 0.2) is 0 Å². The van der Waals surface area contributed by atoms with Crippen LogP contribution in [0.15, 0.2) is 84.1 Å². The maximum Gasteiger partial charge on any atom is 0.305 e. The summed E-state index contributed by atoms with van der Waals surface area (Å²) in [6.07, 6.45) is 2.19. The van der Waals surface area contributed by atoms with E-state index in [4.69, 9.17) is 29.2 Å². The van der Waals surface area contributed by atoms with E-state index in [0.29, 0.717) is 84.5 Å². The van der Waals surface area contributed by atoms with Gasteiger partial charge >= 0.3 is 5.97 Å². The number of hydrogen-bond donors (Lipinski definition) is 4. The molecule has 4 N–H and O–H groups in total. The standard InChI is InChI=1S/C41H51N7O9/c1-30-12-14-44-38(25-30)43-13-2-3-39(49)45-29-40(50)47-37(28-41(51)52)32-6-4-31(5-7-32)33-8-9-35-27-36(11-10-34(35)26-33)57-24-23-56-22-21-55-20-19-54-18-17-53-16-15-46-48-42/h4-12,14,25-27,37H,2-3,13,15-24,28-29H2,1H3,(H,43,44)(H,45,49)(H,47,50)(H,51,52). The van der Waals surface area contributed by atoms with Crippen LogP contribution in [0.3, 0.4) is 0 Å². The number of fused-ring (bicyclic) bond motifs is 1. The Morgan fingerprint density at radius 1 is 0.789 bits per heavy atom. The van der Waals surface area contributed by atoms with Gasteiger partial charge in [0.2, 0.25) is 11.8 Å². The van der Waals surface area contributed by atoms with Crippen molar-refractivity contribution in [3.63, 3.8) is 0 Å². The summed E-state index contributed by atoms with van der Waals surface area (Å²) in [6.45, 7) is 6.42. The van der Waals surface area contributed by atoms with Crippen molar-refractivity contribution < 1.29 is 43.2 Å². The Labute approximate surface area is 331 Å². The molecule has 1 unspecified atom stereocenters. The second-order valence-electron chi connectivity index (χ2n) is 12.8. The highest BCUT2D eigenvalue weighted by atomic mass is 16.6. The van der Waals surface area contributed by atoms with Gasteiger partial charge in [-0.05, 0) is 82.2 Å². The molecule has 0 radical (unpaired) electrons. The Kier molecular flexibility index (Phi) is 19.6. The summed E-state index contributed by atoms with van der Waals surface area (Å²) < 4.78 is 27.6. The molecule has 16 nitrogen and oxygen atoms in total. The molecule has 57 heavy (non-hydrogen) atoms. The summed E-state index contributed by atoms with van der Waals surface area (Å²) in [5, 5.41) is 23.5. The minimum Gasteiger partial charge on any atom is -0.491 e. The lowest BCUT2D eigenvalue weighted by molar-refractivity contribution is -0.138. The number of carboxylic acid groups (broad SMARTS) is 1. The topological polar surface area (TPSA) is 215 Å². The maximum absolute atomic E-state index is 12.7. The monoisotopic (exact) mass is 785 g/mol. The van der Waals surface area contributed by atoms with Gasteiger partial charge < -0.3 is 44.7 Å². The average molecular weight is 786 g/mol. The van der Waals surface area contributed by atoms with E-state index in [0.717, 1.165) is 39.0 Å². The molecule has 2 amide bonds. The summed E-state index contributed by atoms with van der Waals surface area (Å²) in [5.74, 6) is -0.337. The van der Waals surface area contributed by atoms with Crippen molar-refractivity contribution in [2.75, 3.05) is 84.4 Å². The number of azide groups is 1. The van der Waals surface area contributed by atoms with E-state index < -0.39 is 17.9 Å². The van der Waals surface area contributed by atoms with Gasteiger partial charge in [-0.15, -0.1) is 0 Å². The van der Waals surface area contributed by atoms with E-state index in [1.54, 1.807) is 18.3 Å². The van der Waals surface area contributed by atoms with Gasteiger partial charge in [-0.25, -0.2) is 4.98 Å². The molecule has 0 aliphatic rings. The third kappa shape index (κ3) is 17.3. The molecule has 0 fully saturated rings. The molecule has 1 aromatic heterocycles. The van der Waals surface area contributed by atoms with Crippen LogP contribution < -0.4 is 20.7 Å². The Morgan fingerprint density at radius 2 is 1.44 bits per heavy atom. The minimum atomic E-state index is -1.06. The highest BCUT2D eigenvalue weighted by Gasteiger charge is 2.19. The van der Waals surface area contributed by atoms with Gasteiger partial charge in [0.25, 0.3) is 0 Å². The van der Waals surface area contributed by atoms with Crippen molar-refractivity contribution in [3.8, 4) is 16.9 Å². The van der Waals surface area contributed by atoms with Crippen LogP contribution in [0.25, 0.3) is 32.3 Å². The molecule has 304 valence electrons. The first-order valence-electron chi connectivity index (χ1n) is 18.8. The first kappa shape index (κ1) is 44.0. The number of nitrogens with zero attached hydrogens (tertiary/aromatic N) is 4. The number of amides is 2. The van der Waals surface area contributed by atoms with E-state index in [9.17, 15) is 19.5 Å². The Hall–Kier alpha value is -5.77. The van der Waals surface area contributed by atoms with Crippen LogP contribution in [0.2, 0.25) is 0 Å². The van der Waals surface area contributed by atoms with E-state index in [-0.39, 0.29) is 25.3 Å². The fraction of sp³-hybridized carbons (Fsp3) is 0.415. The quantitative estimate of drug-likeness (QED) is 0.0240. The number of carbonyl (C=O) groups excluding carboxylic acids is 2. The van der Waals surface area contributed by atoms with E-state index >= 15 is 0 Å². The first-order valence-corrected chi connectivity index (χ1v) is 18.8. The molecule has 0 saturated carbocycles. The fourth-order valence-corrected chi connectivity index (χ4v) is 5.57. The van der Waals surface area contributed by atoms with Crippen molar-refractivity contribution in [1.82, 2.24) is 15.6 Å². The lowest BCUT2D eigenvalue weighted by Gasteiger charge is -2.18. The lowest BCUT2D eigenvalue weighted by atomic mass is 9.97. The van der Waals surface area contributed by atoms with Gasteiger partial charge in [0, 0.05) is 30.6 Å². The number of rotatable bonds is 28. The summed E-state index contributed by atoms with van der Waals surface area (Å²) in [6, 6.07) is 22.4. The first-order chi connectivity index (χ1) is 27.8. The van der Waals surface area contributed by atoms with E-state index in [2.05, 4.69) is 37.0 Å². The molecular weight excluding hydrogens is 734 g/mol. The fourth-order valence-electron chi connectivity index (χ4n) is 5.57. The van der Waals surface area contributed by atoms with Crippen LogP contribution in [0.5, 0.6) is 5.75 Å². The summed E-state index contributed by atoms with van der Waals surface area (Å²) in [5.41, 5.74) is 11.8. The summed E-state index contributed by atoms with van der Waals surface area (Å²) in [7, 11) is 0. The number of hydrogen-bond acceptors (Lipinski definition) is 11. The number of aryl methyl sites for hydroxylation is 1. The minimum absolute atomic E-state index is 0.227. The highest BCUT2D eigenvalue weighted by Crippen LogP contribution is 2.28. The number of pyridine rings is 1. The Morgan fingerprint density at radius 3 is 2.12 bits per heavy atom. The van der Waals surface area contributed by atoms with Crippen molar-refractivity contribution >= 4 is 34.4 Å². The smallest absolute Gasteiger partial charge is 0.305 e. The second-order valence-corrected chi connectivity index (χ2v) is 12.8. The molecule has 0 bridgehead atoms. The zero-order valence-electron chi connectivity index (χ0n) is 32.2. The molecule has 0 saturated heterocycles. The zero-order valence-corrected chi connectivity index (χ0v) is 32.2. The molecule has 0 aliphatic heterocycles. The van der Waals surface area contributed by atoms with Gasteiger partial charge in [-0.2, -0.15) is 0 Å². The zero-order chi connectivity index (χ0) is 40.5. The second kappa shape index (κ2) is 25.4. The van der Waals surface area contributed by atoms with Crippen molar-refractivity contribution in [1.29, 1.82) is 0 Å². The van der Waals surface area contributed by atoms with Crippen LogP contribution in [0.1, 0.15) is 36.4 Å². The van der Waals surface area contributed by atoms with E-state index in [1.807, 2.05) is 61.5 Å². The van der Waals surface area contributed by atoms with Gasteiger partial charge in [0.1, 0.15) is 18.2 Å². The number of nitrogens with one attached hydrogen (secondary N) is 3. The number of aromatic nitrogens is 1.